The quantitative estimate of drug-likeness (QED) is 0.708. The number of carbonyl (C=O) groups excluding carboxylic acids is 2. The smallest absolute Gasteiger partial charge is 0.255 e. The average molecular weight is 450 g/mol. The van der Waals surface area contributed by atoms with Crippen LogP contribution >= 0.6 is 0 Å². The molecule has 0 unspecified atom stereocenters. The van der Waals surface area contributed by atoms with Gasteiger partial charge in [-0.25, -0.2) is 4.98 Å². The number of benzene rings is 1. The molecule has 1 aromatic carbocycles. The van der Waals surface area contributed by atoms with E-state index in [-0.39, 0.29) is 23.5 Å². The van der Waals surface area contributed by atoms with Crippen molar-refractivity contribution in [1.82, 2.24) is 24.6 Å². The number of hydrogen-bond acceptors (Lipinski definition) is 6. The van der Waals surface area contributed by atoms with E-state index in [0.29, 0.717) is 31.1 Å². The number of methoxy groups -OCH3 is 1. The van der Waals surface area contributed by atoms with E-state index in [9.17, 15) is 9.59 Å². The van der Waals surface area contributed by atoms with Crippen LogP contribution in [0.3, 0.4) is 0 Å². The van der Waals surface area contributed by atoms with Crippen LogP contribution in [-0.2, 0) is 11.3 Å². The summed E-state index contributed by atoms with van der Waals surface area (Å²) in [7, 11) is 3.64. The Bertz CT molecular complexity index is 1000. The highest BCUT2D eigenvalue weighted by Crippen LogP contribution is 2.42. The first-order chi connectivity index (χ1) is 16.0. The molecule has 0 radical (unpaired) electrons. The highest BCUT2D eigenvalue weighted by Gasteiger charge is 2.58. The molecule has 2 aromatic rings. The van der Waals surface area contributed by atoms with Gasteiger partial charge in [0.25, 0.3) is 5.91 Å². The van der Waals surface area contributed by atoms with Gasteiger partial charge >= 0.3 is 0 Å². The van der Waals surface area contributed by atoms with Gasteiger partial charge in [-0.2, -0.15) is 0 Å². The van der Waals surface area contributed by atoms with E-state index in [1.54, 1.807) is 25.4 Å². The summed E-state index contributed by atoms with van der Waals surface area (Å²) in [6.07, 6.45) is 3.07. The van der Waals surface area contributed by atoms with E-state index < -0.39 is 0 Å². The van der Waals surface area contributed by atoms with Crippen molar-refractivity contribution < 1.29 is 14.3 Å². The van der Waals surface area contributed by atoms with Crippen molar-refractivity contribution >= 4 is 11.8 Å². The molecule has 5 rings (SSSR count). The first-order valence-corrected chi connectivity index (χ1v) is 11.6. The van der Waals surface area contributed by atoms with Crippen LogP contribution in [0.2, 0.25) is 0 Å². The number of pyridine rings is 1. The standard InChI is InChI=1S/C25H31N5O3/c1-27-14-15-29-21(18-27)24(32)30(17-19-6-4-3-5-7-19)25(29)10-12-28(13-11-25)23(31)20-8-9-22(33-2)26-16-20/h3-9,16,21H,10-15,17-18H2,1-2H3/t21-/m1/s1. The SMILES string of the molecule is COc1ccc(C(=O)N2CCC3(CC2)N(Cc2ccccc2)C(=O)[C@H]2CN(C)CCN23)cn1. The fourth-order valence-corrected chi connectivity index (χ4v) is 5.60. The van der Waals surface area contributed by atoms with Crippen molar-refractivity contribution in [2.75, 3.05) is 46.9 Å². The number of piperazine rings is 1. The number of rotatable bonds is 4. The molecule has 3 fully saturated rings. The van der Waals surface area contributed by atoms with Crippen LogP contribution in [0.1, 0.15) is 28.8 Å². The highest BCUT2D eigenvalue weighted by molar-refractivity contribution is 5.94. The predicted molar refractivity (Wildman–Crippen MR) is 124 cm³/mol. The number of carbonyl (C=O) groups is 2. The summed E-state index contributed by atoms with van der Waals surface area (Å²) < 4.78 is 5.10. The van der Waals surface area contributed by atoms with Gasteiger partial charge in [0.2, 0.25) is 11.8 Å². The van der Waals surface area contributed by atoms with E-state index in [1.807, 2.05) is 23.1 Å². The second-order valence-corrected chi connectivity index (χ2v) is 9.25. The van der Waals surface area contributed by atoms with E-state index in [4.69, 9.17) is 4.74 Å². The molecule has 4 heterocycles. The Morgan fingerprint density at radius 1 is 1.09 bits per heavy atom. The molecule has 0 N–H and O–H groups in total. The number of ether oxygens (including phenoxy) is 1. The Kier molecular flexibility index (Phi) is 5.80. The lowest BCUT2D eigenvalue weighted by molar-refractivity contribution is -0.134. The van der Waals surface area contributed by atoms with Gasteiger partial charge in [-0.05, 0) is 18.7 Å². The lowest BCUT2D eigenvalue weighted by Gasteiger charge is -2.50. The molecule has 174 valence electrons. The third-order valence-corrected chi connectivity index (χ3v) is 7.40. The fourth-order valence-electron chi connectivity index (χ4n) is 5.60. The first-order valence-electron chi connectivity index (χ1n) is 11.6. The lowest BCUT2D eigenvalue weighted by Crippen LogP contribution is -2.63. The Labute approximate surface area is 194 Å². The van der Waals surface area contributed by atoms with Crippen LogP contribution in [0, 0.1) is 0 Å². The van der Waals surface area contributed by atoms with Crippen LogP contribution < -0.4 is 4.74 Å². The van der Waals surface area contributed by atoms with Gasteiger partial charge in [-0.1, -0.05) is 30.3 Å². The molecule has 0 bridgehead atoms. The van der Waals surface area contributed by atoms with Crippen LogP contribution in [0.5, 0.6) is 5.88 Å². The number of likely N-dealkylation sites (tertiary alicyclic amines) is 1. The Hall–Kier alpha value is -2.97. The summed E-state index contributed by atoms with van der Waals surface area (Å²) >= 11 is 0. The van der Waals surface area contributed by atoms with Gasteiger partial charge in [0.15, 0.2) is 0 Å². The largest absolute Gasteiger partial charge is 0.481 e. The molecular weight excluding hydrogens is 418 g/mol. The summed E-state index contributed by atoms with van der Waals surface area (Å²) in [5.41, 5.74) is 1.36. The minimum absolute atomic E-state index is 0.0196. The normalized spacial score (nSPS) is 23.1. The van der Waals surface area contributed by atoms with Gasteiger partial charge in [-0.15, -0.1) is 0 Å². The van der Waals surface area contributed by atoms with E-state index in [0.717, 1.165) is 38.0 Å². The van der Waals surface area contributed by atoms with Crippen molar-refractivity contribution in [3.05, 3.63) is 59.8 Å². The molecule has 3 saturated heterocycles. The molecule has 8 heteroatoms. The minimum Gasteiger partial charge on any atom is -0.481 e. The number of aromatic nitrogens is 1. The van der Waals surface area contributed by atoms with E-state index in [1.165, 1.54) is 0 Å². The molecule has 2 amide bonds. The summed E-state index contributed by atoms with van der Waals surface area (Å²) in [5.74, 6) is 0.685. The highest BCUT2D eigenvalue weighted by atomic mass is 16.5. The Balaban J connectivity index is 1.38. The maximum atomic E-state index is 13.6. The van der Waals surface area contributed by atoms with Crippen LogP contribution in [0.25, 0.3) is 0 Å². The van der Waals surface area contributed by atoms with Gasteiger partial charge < -0.3 is 19.4 Å². The summed E-state index contributed by atoms with van der Waals surface area (Å²) in [4.78, 5) is 39.6. The summed E-state index contributed by atoms with van der Waals surface area (Å²) in [6.45, 7) is 4.41. The van der Waals surface area contributed by atoms with Gasteiger partial charge in [-0.3, -0.25) is 14.5 Å². The molecular formula is C25H31N5O3. The number of likely N-dealkylation sites (N-methyl/N-ethyl adjacent to an activating group) is 1. The van der Waals surface area contributed by atoms with Crippen LogP contribution in [-0.4, -0.2) is 95.0 Å². The van der Waals surface area contributed by atoms with Crippen molar-refractivity contribution in [2.45, 2.75) is 31.1 Å². The molecule has 1 aromatic heterocycles. The van der Waals surface area contributed by atoms with Crippen molar-refractivity contribution in [2.24, 2.45) is 0 Å². The Morgan fingerprint density at radius 3 is 2.52 bits per heavy atom. The minimum atomic E-state index is -0.339. The number of amides is 2. The maximum Gasteiger partial charge on any atom is 0.255 e. The first kappa shape index (κ1) is 21.9. The number of fused-ring (bicyclic) bond motifs is 2. The molecule has 3 aliphatic rings. The molecule has 0 saturated carbocycles. The summed E-state index contributed by atoms with van der Waals surface area (Å²) in [5, 5.41) is 0. The predicted octanol–water partition coefficient (Wildman–Crippen LogP) is 1.68. The van der Waals surface area contributed by atoms with Crippen molar-refractivity contribution in [1.29, 1.82) is 0 Å². The maximum absolute atomic E-state index is 13.6. The second-order valence-electron chi connectivity index (χ2n) is 9.25. The molecule has 3 aliphatic heterocycles. The molecule has 33 heavy (non-hydrogen) atoms. The zero-order chi connectivity index (χ0) is 23.0. The lowest BCUT2D eigenvalue weighted by atomic mass is 9.92. The molecule has 0 aliphatic carbocycles. The number of piperidine rings is 1. The van der Waals surface area contributed by atoms with Crippen molar-refractivity contribution in [3.63, 3.8) is 0 Å². The molecule has 8 nitrogen and oxygen atoms in total. The zero-order valence-corrected chi connectivity index (χ0v) is 19.3. The summed E-state index contributed by atoms with van der Waals surface area (Å²) in [6, 6.07) is 13.6. The topological polar surface area (TPSA) is 69.2 Å². The average Bonchev–Trinajstić information content (AvgIpc) is 3.07. The number of nitrogens with zero attached hydrogens (tertiary/aromatic N) is 5. The van der Waals surface area contributed by atoms with E-state index >= 15 is 0 Å². The van der Waals surface area contributed by atoms with Gasteiger partial charge in [0.1, 0.15) is 11.7 Å². The zero-order valence-electron chi connectivity index (χ0n) is 19.3. The van der Waals surface area contributed by atoms with Gasteiger partial charge in [0, 0.05) is 64.4 Å². The van der Waals surface area contributed by atoms with Gasteiger partial charge in [0.05, 0.1) is 12.7 Å². The second kappa shape index (κ2) is 8.76. The fraction of sp³-hybridized carbons (Fsp3) is 0.480. The van der Waals surface area contributed by atoms with E-state index in [2.05, 4.69) is 38.9 Å². The number of hydrogen-bond donors (Lipinski definition) is 0. The molecule has 1 atom stereocenters. The monoisotopic (exact) mass is 449 g/mol. The van der Waals surface area contributed by atoms with Crippen LogP contribution in [0.4, 0.5) is 0 Å². The Morgan fingerprint density at radius 2 is 1.85 bits per heavy atom. The van der Waals surface area contributed by atoms with Crippen LogP contribution in [0.15, 0.2) is 48.7 Å². The third kappa shape index (κ3) is 3.87. The third-order valence-electron chi connectivity index (χ3n) is 7.40. The van der Waals surface area contributed by atoms with Crippen molar-refractivity contribution in [3.8, 4) is 5.88 Å². The molecule has 1 spiro atoms.